The van der Waals surface area contributed by atoms with Gasteiger partial charge in [0.1, 0.15) is 6.10 Å². The Bertz CT molecular complexity index is 704. The molecule has 0 radical (unpaired) electrons. The molecular formula is C20H20NO5-. The van der Waals surface area contributed by atoms with E-state index in [-0.39, 0.29) is 0 Å². The molecule has 2 aromatic rings. The maximum Gasteiger partial charge on any atom is 0.310 e. The van der Waals surface area contributed by atoms with Crippen LogP contribution in [0.15, 0.2) is 60.7 Å². The van der Waals surface area contributed by atoms with Gasteiger partial charge in [-0.3, -0.25) is 9.59 Å². The molecule has 0 aliphatic carbocycles. The minimum Gasteiger partial charge on any atom is -0.546 e. The number of esters is 1. The average Bonchev–Trinajstić information content (AvgIpc) is 2.62. The highest BCUT2D eigenvalue weighted by Crippen LogP contribution is 2.18. The van der Waals surface area contributed by atoms with E-state index in [4.69, 9.17) is 10.5 Å². The fourth-order valence-electron chi connectivity index (χ4n) is 2.63. The van der Waals surface area contributed by atoms with Crippen LogP contribution in [0.25, 0.3) is 0 Å². The number of carbonyl (C=O) groups excluding carboxylic acids is 3. The Kier molecular flexibility index (Phi) is 6.91. The zero-order valence-corrected chi connectivity index (χ0v) is 14.2. The molecular weight excluding hydrogens is 334 g/mol. The molecule has 0 spiro atoms. The number of nitrogens with two attached hydrogens (primary N) is 1. The van der Waals surface area contributed by atoms with Gasteiger partial charge >= 0.3 is 5.97 Å². The number of hydrogen-bond donors (Lipinski definition) is 1. The number of primary amides is 1. The van der Waals surface area contributed by atoms with Gasteiger partial charge in [0.25, 0.3) is 0 Å². The molecule has 2 aromatic carbocycles. The van der Waals surface area contributed by atoms with Gasteiger partial charge in [-0.05, 0) is 24.0 Å². The summed E-state index contributed by atoms with van der Waals surface area (Å²) in [7, 11) is 0. The largest absolute Gasteiger partial charge is 0.546 e. The number of rotatable bonds is 9. The Morgan fingerprint density at radius 2 is 1.35 bits per heavy atom. The van der Waals surface area contributed by atoms with E-state index in [2.05, 4.69) is 0 Å². The molecule has 2 N–H and O–H groups in total. The molecule has 0 saturated carbocycles. The lowest BCUT2D eigenvalue weighted by Crippen LogP contribution is -2.42. The first kappa shape index (κ1) is 19.2. The third-order valence-corrected chi connectivity index (χ3v) is 3.89. The summed E-state index contributed by atoms with van der Waals surface area (Å²) in [5.41, 5.74) is 6.85. The fourth-order valence-corrected chi connectivity index (χ4v) is 2.63. The quantitative estimate of drug-likeness (QED) is 0.664. The van der Waals surface area contributed by atoms with Gasteiger partial charge in [-0.2, -0.15) is 0 Å². The molecule has 0 unspecified atom stereocenters. The third kappa shape index (κ3) is 6.05. The lowest BCUT2D eigenvalue weighted by molar-refractivity contribution is -0.315. The standard InChI is InChI=1S/C20H21NO5/c21-18(22)13-17(19(23)24)26-20(25)16(11-14-7-3-1-4-8-14)12-15-9-5-2-6-10-15/h1-10,16-17H,11-13H2,(H2,21,22)(H,23,24)/p-1/t17-/m0/s1. The van der Waals surface area contributed by atoms with Crippen molar-refractivity contribution >= 4 is 17.8 Å². The van der Waals surface area contributed by atoms with Crippen molar-refractivity contribution in [1.82, 2.24) is 0 Å². The Balaban J connectivity index is 2.16. The van der Waals surface area contributed by atoms with E-state index in [1.54, 1.807) is 0 Å². The molecule has 0 heterocycles. The van der Waals surface area contributed by atoms with Crippen molar-refractivity contribution in [1.29, 1.82) is 0 Å². The lowest BCUT2D eigenvalue weighted by Gasteiger charge is -2.22. The number of carboxylic acids is 1. The molecule has 0 aliphatic rings. The second-order valence-corrected chi connectivity index (χ2v) is 5.99. The van der Waals surface area contributed by atoms with Crippen LogP contribution in [0.2, 0.25) is 0 Å². The van der Waals surface area contributed by atoms with Crippen LogP contribution in [0.4, 0.5) is 0 Å². The van der Waals surface area contributed by atoms with Crippen LogP contribution < -0.4 is 10.8 Å². The van der Waals surface area contributed by atoms with Gasteiger partial charge in [0.2, 0.25) is 5.91 Å². The SMILES string of the molecule is NC(=O)C[C@H](OC(=O)C(Cc1ccccc1)Cc1ccccc1)C(=O)[O-]. The highest BCUT2D eigenvalue weighted by Gasteiger charge is 2.26. The second kappa shape index (κ2) is 9.36. The van der Waals surface area contributed by atoms with Crippen molar-refractivity contribution in [3.8, 4) is 0 Å². The van der Waals surface area contributed by atoms with E-state index in [0.717, 1.165) is 11.1 Å². The first-order chi connectivity index (χ1) is 12.5. The predicted octanol–water partition coefficient (Wildman–Crippen LogP) is 0.625. The van der Waals surface area contributed by atoms with Crippen molar-refractivity contribution in [3.05, 3.63) is 71.8 Å². The number of aliphatic carboxylic acids is 1. The Labute approximate surface area is 151 Å². The third-order valence-electron chi connectivity index (χ3n) is 3.89. The summed E-state index contributed by atoms with van der Waals surface area (Å²) in [4.78, 5) is 34.7. The Morgan fingerprint density at radius 1 is 0.885 bits per heavy atom. The summed E-state index contributed by atoms with van der Waals surface area (Å²) in [6, 6.07) is 18.7. The molecule has 2 rings (SSSR count). The van der Waals surface area contributed by atoms with Crippen molar-refractivity contribution in [2.24, 2.45) is 11.7 Å². The van der Waals surface area contributed by atoms with Crippen molar-refractivity contribution in [2.45, 2.75) is 25.4 Å². The van der Waals surface area contributed by atoms with Gasteiger partial charge in [0.15, 0.2) is 0 Å². The fraction of sp³-hybridized carbons (Fsp3) is 0.250. The molecule has 1 atom stereocenters. The summed E-state index contributed by atoms with van der Waals surface area (Å²) in [6.45, 7) is 0. The highest BCUT2D eigenvalue weighted by atomic mass is 16.6. The molecule has 0 bridgehead atoms. The minimum absolute atomic E-state index is 0.380. The average molecular weight is 354 g/mol. The number of carboxylic acid groups (broad SMARTS) is 1. The highest BCUT2D eigenvalue weighted by molar-refractivity contribution is 5.84. The topological polar surface area (TPSA) is 110 Å². The predicted molar refractivity (Wildman–Crippen MR) is 92.5 cm³/mol. The zero-order chi connectivity index (χ0) is 18.9. The first-order valence-corrected chi connectivity index (χ1v) is 8.23. The van der Waals surface area contributed by atoms with Gasteiger partial charge in [0.05, 0.1) is 18.3 Å². The minimum atomic E-state index is -1.69. The van der Waals surface area contributed by atoms with Crippen molar-refractivity contribution in [3.63, 3.8) is 0 Å². The van der Waals surface area contributed by atoms with E-state index < -0.39 is 36.3 Å². The number of ether oxygens (including phenoxy) is 1. The number of hydrogen-bond acceptors (Lipinski definition) is 5. The number of benzene rings is 2. The Hall–Kier alpha value is -3.15. The molecule has 6 nitrogen and oxygen atoms in total. The van der Waals surface area contributed by atoms with Gasteiger partial charge in [-0.15, -0.1) is 0 Å². The second-order valence-electron chi connectivity index (χ2n) is 5.99. The Morgan fingerprint density at radius 3 is 1.73 bits per heavy atom. The maximum absolute atomic E-state index is 12.6. The normalized spacial score (nSPS) is 11.7. The molecule has 136 valence electrons. The van der Waals surface area contributed by atoms with Gasteiger partial charge < -0.3 is 20.4 Å². The molecule has 6 heteroatoms. The van der Waals surface area contributed by atoms with Gasteiger partial charge in [-0.25, -0.2) is 0 Å². The summed E-state index contributed by atoms with van der Waals surface area (Å²) in [6.07, 6.45) is -1.54. The zero-order valence-electron chi connectivity index (χ0n) is 14.2. The lowest BCUT2D eigenvalue weighted by atomic mass is 9.92. The van der Waals surface area contributed by atoms with E-state index >= 15 is 0 Å². The molecule has 0 fully saturated rings. The van der Waals surface area contributed by atoms with Crippen LogP contribution in [0, 0.1) is 5.92 Å². The molecule has 26 heavy (non-hydrogen) atoms. The van der Waals surface area contributed by atoms with Crippen LogP contribution in [0.5, 0.6) is 0 Å². The maximum atomic E-state index is 12.6. The molecule has 0 saturated heterocycles. The van der Waals surface area contributed by atoms with Gasteiger partial charge in [0, 0.05) is 0 Å². The summed E-state index contributed by atoms with van der Waals surface area (Å²) >= 11 is 0. The molecule has 0 aromatic heterocycles. The summed E-state index contributed by atoms with van der Waals surface area (Å²) in [5.74, 6) is -3.83. The monoisotopic (exact) mass is 354 g/mol. The van der Waals surface area contributed by atoms with Gasteiger partial charge in [-0.1, -0.05) is 60.7 Å². The van der Waals surface area contributed by atoms with Crippen LogP contribution in [-0.4, -0.2) is 23.9 Å². The first-order valence-electron chi connectivity index (χ1n) is 8.23. The van der Waals surface area contributed by atoms with Crippen LogP contribution in [0.1, 0.15) is 17.5 Å². The van der Waals surface area contributed by atoms with Crippen LogP contribution in [-0.2, 0) is 32.0 Å². The molecule has 0 aliphatic heterocycles. The van der Waals surface area contributed by atoms with Crippen LogP contribution in [0.3, 0.4) is 0 Å². The summed E-state index contributed by atoms with van der Waals surface area (Å²) < 4.78 is 5.03. The van der Waals surface area contributed by atoms with E-state index in [9.17, 15) is 19.5 Å². The number of amides is 1. The van der Waals surface area contributed by atoms with Crippen molar-refractivity contribution < 1.29 is 24.2 Å². The van der Waals surface area contributed by atoms with Crippen molar-refractivity contribution in [2.75, 3.05) is 0 Å². The van der Waals surface area contributed by atoms with Crippen LogP contribution >= 0.6 is 0 Å². The number of carbonyl (C=O) groups is 3. The summed E-state index contributed by atoms with van der Waals surface area (Å²) in [5, 5.41) is 11.1. The molecule has 1 amide bonds. The van der Waals surface area contributed by atoms with E-state index in [1.165, 1.54) is 0 Å². The smallest absolute Gasteiger partial charge is 0.310 e. The van der Waals surface area contributed by atoms with E-state index in [1.807, 2.05) is 60.7 Å². The van der Waals surface area contributed by atoms with E-state index in [0.29, 0.717) is 12.8 Å².